The van der Waals surface area contributed by atoms with E-state index in [1.165, 1.54) is 20.2 Å². The van der Waals surface area contributed by atoms with Crippen LogP contribution in [-0.4, -0.2) is 72.9 Å². The normalized spacial score (nSPS) is 15.3. The first-order valence-corrected chi connectivity index (χ1v) is 12.2. The number of imidazole rings is 1. The number of nitrogens with zero attached hydrogens (tertiary/aromatic N) is 6. The monoisotopic (exact) mass is 530 g/mol. The molecular formula is C25H26N10O4. The summed E-state index contributed by atoms with van der Waals surface area (Å²) in [5, 5.41) is 13.3. The van der Waals surface area contributed by atoms with Crippen LogP contribution >= 0.6 is 0 Å². The maximum atomic E-state index is 13.2. The van der Waals surface area contributed by atoms with Gasteiger partial charge in [0, 0.05) is 32.1 Å². The van der Waals surface area contributed by atoms with Crippen molar-refractivity contribution in [2.75, 3.05) is 30.8 Å². The molecule has 4 aromatic rings. The van der Waals surface area contributed by atoms with Gasteiger partial charge in [-0.15, -0.1) is 5.10 Å². The van der Waals surface area contributed by atoms with E-state index in [1.807, 2.05) is 0 Å². The molecular weight excluding hydrogens is 504 g/mol. The van der Waals surface area contributed by atoms with E-state index < -0.39 is 17.9 Å². The highest BCUT2D eigenvalue weighted by Crippen LogP contribution is 2.22. The Labute approximate surface area is 221 Å². The number of primary amides is 1. The molecule has 39 heavy (non-hydrogen) atoms. The summed E-state index contributed by atoms with van der Waals surface area (Å²) in [5.41, 5.74) is 6.15. The number of rotatable bonds is 8. The van der Waals surface area contributed by atoms with Crippen LogP contribution in [0, 0.1) is 0 Å². The molecule has 5 N–H and O–H groups in total. The van der Waals surface area contributed by atoms with Crippen LogP contribution in [0.25, 0.3) is 11.5 Å². The zero-order valence-corrected chi connectivity index (χ0v) is 21.0. The second kappa shape index (κ2) is 10.6. The van der Waals surface area contributed by atoms with E-state index in [-0.39, 0.29) is 35.2 Å². The van der Waals surface area contributed by atoms with Crippen molar-refractivity contribution in [3.63, 3.8) is 0 Å². The molecule has 3 amide bonds. The van der Waals surface area contributed by atoms with E-state index in [9.17, 15) is 19.2 Å². The lowest BCUT2D eigenvalue weighted by molar-refractivity contribution is -0.139. The smallest absolute Gasteiger partial charge is 0.279 e. The largest absolute Gasteiger partial charge is 0.385 e. The first-order valence-electron chi connectivity index (χ1n) is 12.2. The molecule has 1 aliphatic heterocycles. The third-order valence-electron chi connectivity index (χ3n) is 6.26. The van der Waals surface area contributed by atoms with Gasteiger partial charge >= 0.3 is 0 Å². The highest BCUT2D eigenvalue weighted by molar-refractivity contribution is 5.98. The molecule has 4 aromatic heterocycles. The van der Waals surface area contributed by atoms with E-state index >= 15 is 0 Å². The fraction of sp³-hybridized carbons (Fsp3) is 0.240. The van der Waals surface area contributed by atoms with E-state index in [0.717, 1.165) is 0 Å². The van der Waals surface area contributed by atoms with Crippen molar-refractivity contribution in [3.8, 4) is 5.82 Å². The highest BCUT2D eigenvalue weighted by atomic mass is 16.2. The Morgan fingerprint density at radius 1 is 1.13 bits per heavy atom. The number of amides is 3. The average molecular weight is 531 g/mol. The fourth-order valence-electron chi connectivity index (χ4n) is 4.42. The zero-order valence-electron chi connectivity index (χ0n) is 21.0. The minimum Gasteiger partial charge on any atom is -0.385 e. The molecule has 0 aromatic carbocycles. The van der Waals surface area contributed by atoms with Crippen molar-refractivity contribution >= 4 is 40.6 Å². The molecule has 1 saturated heterocycles. The van der Waals surface area contributed by atoms with Crippen molar-refractivity contribution in [1.82, 2.24) is 34.4 Å². The summed E-state index contributed by atoms with van der Waals surface area (Å²) in [6.07, 6.45) is 5.60. The third kappa shape index (κ3) is 5.12. The second-order valence-corrected chi connectivity index (χ2v) is 8.88. The Bertz CT molecular complexity index is 1610. The third-order valence-corrected chi connectivity index (χ3v) is 6.26. The molecule has 0 spiro atoms. The van der Waals surface area contributed by atoms with Crippen LogP contribution in [0.1, 0.15) is 23.3 Å². The van der Waals surface area contributed by atoms with Gasteiger partial charge in [-0.2, -0.15) is 0 Å². The summed E-state index contributed by atoms with van der Waals surface area (Å²) in [7, 11) is 1.69. The van der Waals surface area contributed by atoms with Crippen molar-refractivity contribution < 1.29 is 14.4 Å². The summed E-state index contributed by atoms with van der Waals surface area (Å²) in [6, 6.07) is 9.43. The molecule has 14 nitrogen and oxygen atoms in total. The lowest BCUT2D eigenvalue weighted by atomic mass is 10.0. The molecule has 0 unspecified atom stereocenters. The van der Waals surface area contributed by atoms with Crippen molar-refractivity contribution in [1.29, 1.82) is 0 Å². The topological polar surface area (TPSA) is 182 Å². The summed E-state index contributed by atoms with van der Waals surface area (Å²) in [5.74, 6) is -0.819. The molecule has 5 heterocycles. The van der Waals surface area contributed by atoms with Gasteiger partial charge in [-0.1, -0.05) is 6.07 Å². The van der Waals surface area contributed by atoms with Gasteiger partial charge in [0.15, 0.2) is 17.2 Å². The van der Waals surface area contributed by atoms with Crippen molar-refractivity contribution in [3.05, 3.63) is 71.0 Å². The Morgan fingerprint density at radius 3 is 2.72 bits per heavy atom. The lowest BCUT2D eigenvalue weighted by Crippen LogP contribution is -2.54. The summed E-state index contributed by atoms with van der Waals surface area (Å²) in [6.45, 7) is 0.192. The summed E-state index contributed by atoms with van der Waals surface area (Å²) < 4.78 is 2.73. The number of aromatic nitrogens is 5. The number of anilines is 3. The first-order chi connectivity index (χ1) is 18.9. The number of carbonyl (C=O) groups is 3. The van der Waals surface area contributed by atoms with Crippen LogP contribution in [0.3, 0.4) is 0 Å². The molecule has 0 aliphatic carbocycles. The van der Waals surface area contributed by atoms with Crippen LogP contribution in [0.5, 0.6) is 0 Å². The quantitative estimate of drug-likeness (QED) is 0.248. The van der Waals surface area contributed by atoms with Crippen LogP contribution < -0.4 is 27.2 Å². The standard InChI is InChI=1S/C25H26N10O4/c1-27-17-12-20(30-16-7-5-11-34(25(16)39)21-8-2-3-9-28-21)32-35-18(13-29-22(17)35)23(37)31-15-6-4-10-33(24(15)38)14-19(26)36/h2-3,5,7-9,11-13,15,27H,4,6,10,14H2,1H3,(H2,26,36)(H,30,32)(H,31,37)/t15-/m1/s1. The molecule has 1 atom stereocenters. The number of pyridine rings is 2. The molecule has 5 rings (SSSR count). The van der Waals surface area contributed by atoms with Gasteiger partial charge in [-0.25, -0.2) is 14.5 Å². The molecule has 14 heteroatoms. The Morgan fingerprint density at radius 2 is 1.97 bits per heavy atom. The van der Waals surface area contributed by atoms with Crippen molar-refractivity contribution in [2.45, 2.75) is 18.9 Å². The summed E-state index contributed by atoms with van der Waals surface area (Å²) >= 11 is 0. The number of hydrogen-bond donors (Lipinski definition) is 4. The van der Waals surface area contributed by atoms with E-state index in [1.54, 1.807) is 55.8 Å². The zero-order chi connectivity index (χ0) is 27.5. The van der Waals surface area contributed by atoms with Gasteiger partial charge < -0.3 is 26.6 Å². The fourth-order valence-corrected chi connectivity index (χ4v) is 4.42. The number of piperidine rings is 1. The molecule has 0 saturated carbocycles. The number of fused-ring (bicyclic) bond motifs is 1. The predicted molar refractivity (Wildman–Crippen MR) is 142 cm³/mol. The van der Waals surface area contributed by atoms with Crippen LogP contribution in [0.15, 0.2) is 59.8 Å². The second-order valence-electron chi connectivity index (χ2n) is 8.88. The summed E-state index contributed by atoms with van der Waals surface area (Å²) in [4.78, 5) is 60.3. The van der Waals surface area contributed by atoms with Gasteiger partial charge in [0.2, 0.25) is 11.8 Å². The van der Waals surface area contributed by atoms with E-state index in [0.29, 0.717) is 36.5 Å². The van der Waals surface area contributed by atoms with Gasteiger partial charge in [0.1, 0.15) is 17.5 Å². The van der Waals surface area contributed by atoms with Gasteiger partial charge in [0.25, 0.3) is 11.5 Å². The number of nitrogens with one attached hydrogen (secondary N) is 3. The van der Waals surface area contributed by atoms with Gasteiger partial charge in [0.05, 0.1) is 18.4 Å². The minimum atomic E-state index is -0.810. The van der Waals surface area contributed by atoms with Gasteiger partial charge in [-0.3, -0.25) is 23.7 Å². The minimum absolute atomic E-state index is 0.0870. The Hall–Kier alpha value is -5.27. The molecule has 1 fully saturated rings. The number of nitrogens with two attached hydrogens (primary N) is 1. The van der Waals surface area contributed by atoms with Crippen LogP contribution in [0.2, 0.25) is 0 Å². The van der Waals surface area contributed by atoms with Gasteiger partial charge in [-0.05, 0) is 37.1 Å². The maximum absolute atomic E-state index is 13.2. The predicted octanol–water partition coefficient (Wildman–Crippen LogP) is 0.267. The van der Waals surface area contributed by atoms with Crippen LogP contribution in [0.4, 0.5) is 17.2 Å². The number of carbonyl (C=O) groups excluding carboxylic acids is 3. The molecule has 1 aliphatic rings. The molecule has 0 bridgehead atoms. The number of hydrogen-bond acceptors (Lipinski definition) is 9. The Kier molecular flexibility index (Phi) is 6.91. The van der Waals surface area contributed by atoms with E-state index in [4.69, 9.17) is 5.73 Å². The SMILES string of the molecule is CNc1cc(Nc2cccn(-c3ccccn3)c2=O)nn2c(C(=O)N[C@@H]3CCCN(CC(N)=O)C3=O)cnc12. The molecule has 200 valence electrons. The lowest BCUT2D eigenvalue weighted by Gasteiger charge is -2.31. The maximum Gasteiger partial charge on any atom is 0.279 e. The average Bonchev–Trinajstić information content (AvgIpc) is 3.36. The van der Waals surface area contributed by atoms with E-state index in [2.05, 4.69) is 31.0 Å². The highest BCUT2D eigenvalue weighted by Gasteiger charge is 2.31. The Balaban J connectivity index is 1.44. The van der Waals surface area contributed by atoms with Crippen molar-refractivity contribution in [2.24, 2.45) is 5.73 Å². The van der Waals surface area contributed by atoms with Crippen LogP contribution in [-0.2, 0) is 9.59 Å². The first kappa shape index (κ1) is 25.4. The number of likely N-dealkylation sites (tertiary alicyclic amines) is 1. The molecule has 0 radical (unpaired) electrons.